The van der Waals surface area contributed by atoms with Gasteiger partial charge in [-0.3, -0.25) is 9.59 Å². The minimum Gasteiger partial charge on any atom is -0.303 e. The molecule has 2 saturated carbocycles. The highest BCUT2D eigenvalue weighted by molar-refractivity contribution is 5.99. The summed E-state index contributed by atoms with van der Waals surface area (Å²) in [5.41, 5.74) is 6.63. The topological polar surface area (TPSA) is 40.6 Å². The van der Waals surface area contributed by atoms with Crippen molar-refractivity contribution in [2.75, 3.05) is 39.3 Å². The van der Waals surface area contributed by atoms with Gasteiger partial charge in [0.25, 0.3) is 0 Å². The number of hydrogen-bond acceptors (Lipinski definition) is 4. The van der Waals surface area contributed by atoms with Gasteiger partial charge in [0.2, 0.25) is 0 Å². The van der Waals surface area contributed by atoms with E-state index in [2.05, 4.69) is 34.1 Å². The Kier molecular flexibility index (Phi) is 9.14. The van der Waals surface area contributed by atoms with Crippen LogP contribution in [-0.4, -0.2) is 60.6 Å². The lowest BCUT2D eigenvalue weighted by Crippen LogP contribution is -2.29. The molecule has 0 spiro atoms. The number of fused-ring (bicyclic) bond motifs is 11. The molecule has 0 N–H and O–H groups in total. The Morgan fingerprint density at radius 2 is 0.907 bits per heavy atom. The van der Waals surface area contributed by atoms with Crippen molar-refractivity contribution in [3.63, 3.8) is 0 Å². The lowest BCUT2D eigenvalue weighted by molar-refractivity contribution is 0.0969. The van der Waals surface area contributed by atoms with Crippen molar-refractivity contribution in [2.24, 2.45) is 23.7 Å². The van der Waals surface area contributed by atoms with Crippen LogP contribution in [-0.2, 0) is 6.42 Å². The largest absolute Gasteiger partial charge is 0.303 e. The first-order valence-corrected chi connectivity index (χ1v) is 17.8. The minimum atomic E-state index is 0.276. The van der Waals surface area contributed by atoms with Crippen LogP contribution in [0.3, 0.4) is 0 Å². The number of carbonyl (C=O) groups is 2. The molecule has 4 heteroatoms. The summed E-state index contributed by atoms with van der Waals surface area (Å²) in [4.78, 5) is 31.6. The molecule has 43 heavy (non-hydrogen) atoms. The monoisotopic (exact) mass is 580 g/mol. The third-order valence-corrected chi connectivity index (χ3v) is 11.8. The average molecular weight is 581 g/mol. The van der Waals surface area contributed by atoms with Crippen LogP contribution < -0.4 is 0 Å². The van der Waals surface area contributed by atoms with Gasteiger partial charge < -0.3 is 9.80 Å². The zero-order valence-electron chi connectivity index (χ0n) is 26.3. The van der Waals surface area contributed by atoms with Gasteiger partial charge >= 0.3 is 0 Å². The molecule has 4 bridgehead atoms. The highest BCUT2D eigenvalue weighted by atomic mass is 16.1. The fourth-order valence-electron chi connectivity index (χ4n) is 9.26. The van der Waals surface area contributed by atoms with Crippen LogP contribution in [0.5, 0.6) is 0 Å². The van der Waals surface area contributed by atoms with E-state index in [1.165, 1.54) is 99.8 Å². The summed E-state index contributed by atoms with van der Waals surface area (Å²) in [5, 5.41) is 0. The van der Waals surface area contributed by atoms with Gasteiger partial charge in [0.15, 0.2) is 11.6 Å². The molecule has 7 aliphatic rings. The number of carbonyl (C=O) groups excluding carboxylic acids is 2. The van der Waals surface area contributed by atoms with Crippen molar-refractivity contribution in [1.29, 1.82) is 0 Å². The zero-order valence-corrected chi connectivity index (χ0v) is 26.3. The number of unbranched alkanes of at least 4 members (excludes halogenated alkanes) is 2. The Bertz CT molecular complexity index is 1170. The number of hydrogen-bond donors (Lipinski definition) is 0. The lowest BCUT2D eigenvalue weighted by Gasteiger charge is -2.22. The van der Waals surface area contributed by atoms with Gasteiger partial charge in [-0.25, -0.2) is 0 Å². The quantitative estimate of drug-likeness (QED) is 0.160. The van der Waals surface area contributed by atoms with Crippen LogP contribution in [0.4, 0.5) is 0 Å². The van der Waals surface area contributed by atoms with E-state index in [0.717, 1.165) is 80.0 Å². The molecule has 0 aromatic heterocycles. The van der Waals surface area contributed by atoms with Crippen LogP contribution in [0.15, 0.2) is 36.4 Å². The highest BCUT2D eigenvalue weighted by Gasteiger charge is 2.30. The molecule has 4 aliphatic heterocycles. The van der Waals surface area contributed by atoms with E-state index in [1.54, 1.807) is 0 Å². The van der Waals surface area contributed by atoms with Gasteiger partial charge in [-0.15, -0.1) is 0 Å². The molecule has 6 fully saturated rings. The Morgan fingerprint density at radius 3 is 1.28 bits per heavy atom. The van der Waals surface area contributed by atoms with Crippen molar-refractivity contribution >= 4 is 11.6 Å². The molecule has 230 valence electrons. The molecule has 4 heterocycles. The third kappa shape index (κ3) is 7.01. The minimum absolute atomic E-state index is 0.276. The van der Waals surface area contributed by atoms with E-state index in [0.29, 0.717) is 12.8 Å². The lowest BCUT2D eigenvalue weighted by atomic mass is 9.84. The van der Waals surface area contributed by atoms with Crippen LogP contribution in [0, 0.1) is 23.7 Å². The van der Waals surface area contributed by atoms with Crippen LogP contribution in [0.25, 0.3) is 11.1 Å². The second-order valence-electron chi connectivity index (χ2n) is 15.0. The first kappa shape index (κ1) is 29.4. The second-order valence-corrected chi connectivity index (χ2v) is 15.0. The summed E-state index contributed by atoms with van der Waals surface area (Å²) in [6.07, 6.45) is 17.7. The summed E-state index contributed by atoms with van der Waals surface area (Å²) in [6.45, 7) is 7.43. The van der Waals surface area contributed by atoms with Crippen molar-refractivity contribution in [3.05, 3.63) is 58.7 Å². The van der Waals surface area contributed by atoms with E-state index in [-0.39, 0.29) is 11.6 Å². The standard InChI is InChI=1S/C39H52N2O2/c42-38(5-1-3-19-40-24-28-7-8-29(25-40)10-9-28)32-15-17-36-34(21-32)23-35-22-33(16-18-37(35)36)39(43)6-2-4-20-41-26-30-11-12-31(27-41)14-13-30/h15-18,21-22,28-31H,1-14,19-20,23-27H2. The van der Waals surface area contributed by atoms with Crippen LogP contribution in [0.1, 0.15) is 122 Å². The molecule has 2 aromatic rings. The summed E-state index contributed by atoms with van der Waals surface area (Å²) in [6, 6.07) is 12.6. The first-order valence-electron chi connectivity index (χ1n) is 17.8. The van der Waals surface area contributed by atoms with Gasteiger partial charge in [-0.05, 0) is 155 Å². The zero-order chi connectivity index (χ0) is 29.2. The summed E-state index contributed by atoms with van der Waals surface area (Å²) < 4.78 is 0. The van der Waals surface area contributed by atoms with Crippen molar-refractivity contribution in [1.82, 2.24) is 9.80 Å². The summed E-state index contributed by atoms with van der Waals surface area (Å²) in [5.74, 6) is 4.22. The molecule has 4 nitrogen and oxygen atoms in total. The second kappa shape index (κ2) is 13.4. The van der Waals surface area contributed by atoms with E-state index in [1.807, 2.05) is 12.1 Å². The summed E-state index contributed by atoms with van der Waals surface area (Å²) >= 11 is 0. The number of ketones is 2. The van der Waals surface area contributed by atoms with Crippen molar-refractivity contribution in [2.45, 2.75) is 96.3 Å². The SMILES string of the molecule is O=C(CCCCN1CC2CCC(CC2)C1)c1ccc2c(c1)Cc1cc(C(=O)CCCCN3CC4CCC(CC4)C3)ccc1-2. The molecule has 3 aliphatic carbocycles. The van der Waals surface area contributed by atoms with Crippen molar-refractivity contribution < 1.29 is 9.59 Å². The first-order chi connectivity index (χ1) is 21.1. The number of benzene rings is 2. The Hall–Kier alpha value is -2.30. The summed E-state index contributed by atoms with van der Waals surface area (Å²) in [7, 11) is 0. The number of Topliss-reactive ketones (excluding diaryl/α,β-unsaturated/α-hetero) is 2. The Morgan fingerprint density at radius 1 is 0.535 bits per heavy atom. The van der Waals surface area contributed by atoms with E-state index < -0.39 is 0 Å². The molecule has 2 aromatic carbocycles. The smallest absolute Gasteiger partial charge is 0.162 e. The Balaban J connectivity index is 0.867. The van der Waals surface area contributed by atoms with Crippen LogP contribution in [0.2, 0.25) is 0 Å². The van der Waals surface area contributed by atoms with E-state index >= 15 is 0 Å². The molecular weight excluding hydrogens is 528 g/mol. The van der Waals surface area contributed by atoms with E-state index in [4.69, 9.17) is 0 Å². The normalized spacial score (nSPS) is 26.6. The fraction of sp³-hybridized carbons (Fsp3) is 0.641. The Labute approximate surface area is 259 Å². The maximum absolute atomic E-state index is 13.1. The van der Waals surface area contributed by atoms with Gasteiger partial charge in [0.1, 0.15) is 0 Å². The van der Waals surface area contributed by atoms with Gasteiger partial charge in [-0.2, -0.15) is 0 Å². The predicted octanol–water partition coefficient (Wildman–Crippen LogP) is 8.21. The highest BCUT2D eigenvalue weighted by Crippen LogP contribution is 2.38. The predicted molar refractivity (Wildman–Crippen MR) is 175 cm³/mol. The molecule has 4 saturated heterocycles. The maximum Gasteiger partial charge on any atom is 0.162 e. The third-order valence-electron chi connectivity index (χ3n) is 11.8. The number of nitrogens with zero attached hydrogens (tertiary/aromatic N) is 2. The van der Waals surface area contributed by atoms with Crippen molar-refractivity contribution in [3.8, 4) is 11.1 Å². The average Bonchev–Trinajstić information content (AvgIpc) is 3.29. The molecule has 0 unspecified atom stereocenters. The number of rotatable bonds is 12. The van der Waals surface area contributed by atoms with Gasteiger partial charge in [0, 0.05) is 50.1 Å². The van der Waals surface area contributed by atoms with Gasteiger partial charge in [0.05, 0.1) is 0 Å². The molecule has 0 radical (unpaired) electrons. The molecule has 0 amide bonds. The molecule has 9 rings (SSSR count). The van der Waals surface area contributed by atoms with Gasteiger partial charge in [-0.1, -0.05) is 24.3 Å². The van der Waals surface area contributed by atoms with E-state index in [9.17, 15) is 9.59 Å². The molecular formula is C39H52N2O2. The fourth-order valence-corrected chi connectivity index (χ4v) is 9.26. The maximum atomic E-state index is 13.1. The van der Waals surface area contributed by atoms with Crippen LogP contribution >= 0.6 is 0 Å². The molecule has 0 atom stereocenters.